The third-order valence-electron chi connectivity index (χ3n) is 3.97. The van der Waals surface area contributed by atoms with E-state index in [0.717, 1.165) is 33.8 Å². The molecule has 0 aromatic heterocycles. The molecule has 5 heteroatoms. The fraction of sp³-hybridized carbons (Fsp3) is 0.600. The average Bonchev–Trinajstić information content (AvgIpc) is 2.44. The molecule has 0 saturated carbocycles. The SMILES string of the molecule is CC1CCCC(CN)N1CCSc1cc(Cl)ccc1Cl. The standard InChI is InChI=1S/C15H22Cl2N2S/c1-11-3-2-4-13(10-18)19(11)7-8-20-15-9-12(16)5-6-14(15)17/h5-6,9,11,13H,2-4,7-8,10,18H2,1H3. The minimum absolute atomic E-state index is 0.536. The van der Waals surface area contributed by atoms with Gasteiger partial charge in [-0.2, -0.15) is 0 Å². The number of halogens is 2. The Hall–Kier alpha value is 0.0700. The molecule has 1 aromatic carbocycles. The summed E-state index contributed by atoms with van der Waals surface area (Å²) in [6, 6.07) is 6.79. The van der Waals surface area contributed by atoms with E-state index in [9.17, 15) is 0 Å². The van der Waals surface area contributed by atoms with Crippen molar-refractivity contribution in [1.29, 1.82) is 0 Å². The second kappa shape index (κ2) is 7.90. The summed E-state index contributed by atoms with van der Waals surface area (Å²) in [7, 11) is 0. The summed E-state index contributed by atoms with van der Waals surface area (Å²) in [6.45, 7) is 4.11. The minimum Gasteiger partial charge on any atom is -0.329 e. The first-order valence-electron chi connectivity index (χ1n) is 7.15. The molecule has 0 radical (unpaired) electrons. The van der Waals surface area contributed by atoms with Crippen molar-refractivity contribution in [1.82, 2.24) is 4.90 Å². The Morgan fingerprint density at radius 1 is 1.35 bits per heavy atom. The van der Waals surface area contributed by atoms with Crippen molar-refractivity contribution in [2.75, 3.05) is 18.8 Å². The topological polar surface area (TPSA) is 29.3 Å². The molecule has 1 aliphatic heterocycles. The quantitative estimate of drug-likeness (QED) is 0.815. The Morgan fingerprint density at radius 3 is 2.90 bits per heavy atom. The van der Waals surface area contributed by atoms with Crippen LogP contribution in [-0.2, 0) is 0 Å². The summed E-state index contributed by atoms with van der Waals surface area (Å²) < 4.78 is 0. The predicted molar refractivity (Wildman–Crippen MR) is 90.0 cm³/mol. The zero-order valence-corrected chi connectivity index (χ0v) is 14.1. The van der Waals surface area contributed by atoms with Crippen LogP contribution >= 0.6 is 35.0 Å². The first kappa shape index (κ1) is 16.4. The molecular weight excluding hydrogens is 311 g/mol. The molecule has 112 valence electrons. The lowest BCUT2D eigenvalue weighted by Gasteiger charge is -2.40. The van der Waals surface area contributed by atoms with E-state index in [0.29, 0.717) is 12.1 Å². The molecule has 2 unspecified atom stereocenters. The number of benzene rings is 1. The van der Waals surface area contributed by atoms with E-state index in [4.69, 9.17) is 28.9 Å². The number of likely N-dealkylation sites (tertiary alicyclic amines) is 1. The Kier molecular flexibility index (Phi) is 6.50. The van der Waals surface area contributed by atoms with Gasteiger partial charge in [0.2, 0.25) is 0 Å². The molecule has 0 aliphatic carbocycles. The number of hydrogen-bond donors (Lipinski definition) is 1. The Morgan fingerprint density at radius 2 is 2.15 bits per heavy atom. The van der Waals surface area contributed by atoms with Gasteiger partial charge in [-0.05, 0) is 38.0 Å². The smallest absolute Gasteiger partial charge is 0.0542 e. The number of piperidine rings is 1. The molecule has 1 fully saturated rings. The van der Waals surface area contributed by atoms with Gasteiger partial charge in [0.05, 0.1) is 5.02 Å². The van der Waals surface area contributed by atoms with Crippen LogP contribution < -0.4 is 5.73 Å². The molecule has 2 atom stereocenters. The largest absolute Gasteiger partial charge is 0.329 e. The molecule has 0 bridgehead atoms. The zero-order valence-electron chi connectivity index (χ0n) is 11.8. The molecule has 0 amide bonds. The van der Waals surface area contributed by atoms with Crippen molar-refractivity contribution in [3.05, 3.63) is 28.2 Å². The van der Waals surface area contributed by atoms with Gasteiger partial charge in [-0.25, -0.2) is 0 Å². The van der Waals surface area contributed by atoms with Crippen LogP contribution in [0.1, 0.15) is 26.2 Å². The highest BCUT2D eigenvalue weighted by Gasteiger charge is 2.26. The first-order valence-corrected chi connectivity index (χ1v) is 8.89. The van der Waals surface area contributed by atoms with Crippen molar-refractivity contribution in [2.45, 2.75) is 43.2 Å². The van der Waals surface area contributed by atoms with Crippen LogP contribution in [0.4, 0.5) is 0 Å². The van der Waals surface area contributed by atoms with Gasteiger partial charge in [0.25, 0.3) is 0 Å². The van der Waals surface area contributed by atoms with Gasteiger partial charge in [0, 0.05) is 40.8 Å². The summed E-state index contributed by atoms with van der Waals surface area (Å²) in [5.41, 5.74) is 5.90. The summed E-state index contributed by atoms with van der Waals surface area (Å²) in [6.07, 6.45) is 3.80. The normalized spacial score (nSPS) is 24.0. The van der Waals surface area contributed by atoms with E-state index in [1.807, 2.05) is 18.2 Å². The molecule has 20 heavy (non-hydrogen) atoms. The molecular formula is C15H22Cl2N2S. The van der Waals surface area contributed by atoms with E-state index in [-0.39, 0.29) is 0 Å². The van der Waals surface area contributed by atoms with Crippen molar-refractivity contribution in [3.63, 3.8) is 0 Å². The molecule has 1 saturated heterocycles. The van der Waals surface area contributed by atoms with E-state index in [1.165, 1.54) is 19.3 Å². The summed E-state index contributed by atoms with van der Waals surface area (Å²) in [5, 5.41) is 1.52. The fourth-order valence-corrected chi connectivity index (χ4v) is 4.30. The lowest BCUT2D eigenvalue weighted by molar-refractivity contribution is 0.106. The van der Waals surface area contributed by atoms with Crippen LogP contribution in [0.5, 0.6) is 0 Å². The van der Waals surface area contributed by atoms with Gasteiger partial charge in [-0.1, -0.05) is 29.6 Å². The molecule has 2 rings (SSSR count). The van der Waals surface area contributed by atoms with Gasteiger partial charge < -0.3 is 5.73 Å². The van der Waals surface area contributed by atoms with Crippen LogP contribution in [0, 0.1) is 0 Å². The van der Waals surface area contributed by atoms with Crippen LogP contribution in [-0.4, -0.2) is 35.8 Å². The van der Waals surface area contributed by atoms with Crippen LogP contribution in [0.25, 0.3) is 0 Å². The third-order valence-corrected chi connectivity index (χ3v) is 5.68. The summed E-state index contributed by atoms with van der Waals surface area (Å²) >= 11 is 14.0. The van der Waals surface area contributed by atoms with Gasteiger partial charge >= 0.3 is 0 Å². The summed E-state index contributed by atoms with van der Waals surface area (Å²) in [4.78, 5) is 3.61. The Balaban J connectivity index is 1.89. The lowest BCUT2D eigenvalue weighted by atomic mass is 9.97. The first-order chi connectivity index (χ1) is 9.61. The maximum absolute atomic E-state index is 6.19. The third kappa shape index (κ3) is 4.28. The molecule has 1 aliphatic rings. The van der Waals surface area contributed by atoms with E-state index < -0.39 is 0 Å². The van der Waals surface area contributed by atoms with E-state index in [2.05, 4.69) is 11.8 Å². The molecule has 2 N–H and O–H groups in total. The van der Waals surface area contributed by atoms with Crippen LogP contribution in [0.2, 0.25) is 10.0 Å². The number of thioether (sulfide) groups is 1. The second-order valence-corrected chi connectivity index (χ2v) is 7.31. The molecule has 0 spiro atoms. The maximum Gasteiger partial charge on any atom is 0.0542 e. The van der Waals surface area contributed by atoms with Crippen LogP contribution in [0.15, 0.2) is 23.1 Å². The van der Waals surface area contributed by atoms with Crippen molar-refractivity contribution in [2.24, 2.45) is 5.73 Å². The van der Waals surface area contributed by atoms with Gasteiger partial charge in [-0.3, -0.25) is 4.90 Å². The number of hydrogen-bond acceptors (Lipinski definition) is 3. The maximum atomic E-state index is 6.19. The number of nitrogens with zero attached hydrogens (tertiary/aromatic N) is 1. The van der Waals surface area contributed by atoms with Crippen LogP contribution in [0.3, 0.4) is 0 Å². The lowest BCUT2D eigenvalue weighted by Crippen LogP contribution is -2.49. The van der Waals surface area contributed by atoms with Gasteiger partial charge in [0.15, 0.2) is 0 Å². The fourth-order valence-electron chi connectivity index (χ4n) is 2.85. The van der Waals surface area contributed by atoms with Crippen molar-refractivity contribution >= 4 is 35.0 Å². The van der Waals surface area contributed by atoms with E-state index in [1.54, 1.807) is 11.8 Å². The number of nitrogens with two attached hydrogens (primary N) is 1. The van der Waals surface area contributed by atoms with Crippen molar-refractivity contribution in [3.8, 4) is 0 Å². The zero-order chi connectivity index (χ0) is 14.5. The second-order valence-electron chi connectivity index (χ2n) is 5.33. The monoisotopic (exact) mass is 332 g/mol. The van der Waals surface area contributed by atoms with Crippen molar-refractivity contribution < 1.29 is 0 Å². The minimum atomic E-state index is 0.536. The predicted octanol–water partition coefficient (Wildman–Crippen LogP) is 4.29. The average molecular weight is 333 g/mol. The summed E-state index contributed by atoms with van der Waals surface area (Å²) in [5.74, 6) is 1.01. The van der Waals surface area contributed by atoms with E-state index >= 15 is 0 Å². The molecule has 2 nitrogen and oxygen atoms in total. The van der Waals surface area contributed by atoms with Gasteiger partial charge in [-0.15, -0.1) is 11.8 Å². The highest BCUT2D eigenvalue weighted by Crippen LogP contribution is 2.30. The highest BCUT2D eigenvalue weighted by molar-refractivity contribution is 7.99. The molecule has 1 heterocycles. The van der Waals surface area contributed by atoms with Gasteiger partial charge in [0.1, 0.15) is 0 Å². The number of rotatable bonds is 5. The molecule has 1 aromatic rings. The Labute approximate surface area is 136 Å². The Bertz CT molecular complexity index is 442. The highest BCUT2D eigenvalue weighted by atomic mass is 35.5.